The minimum atomic E-state index is -3.32. The molecule has 0 aliphatic carbocycles. The topological polar surface area (TPSA) is 108 Å². The number of hydrogen-bond donors (Lipinski definition) is 1. The van der Waals surface area contributed by atoms with Crippen molar-refractivity contribution < 1.29 is 32.2 Å². The molecule has 0 fully saturated rings. The zero-order valence-corrected chi connectivity index (χ0v) is 25.9. The van der Waals surface area contributed by atoms with Gasteiger partial charge in [0, 0.05) is 17.2 Å². The second kappa shape index (κ2) is 18.4. The van der Waals surface area contributed by atoms with Crippen molar-refractivity contribution in [2.24, 2.45) is 5.92 Å². The maximum absolute atomic E-state index is 12.8. The van der Waals surface area contributed by atoms with Gasteiger partial charge in [0.05, 0.1) is 31.3 Å². The Bertz CT molecular complexity index is 1180. The van der Waals surface area contributed by atoms with Crippen LogP contribution in [0.4, 0.5) is 5.69 Å². The summed E-state index contributed by atoms with van der Waals surface area (Å²) < 4.78 is 41.2. The Labute approximate surface area is 246 Å². The van der Waals surface area contributed by atoms with Crippen molar-refractivity contribution in [3.8, 4) is 11.5 Å². The summed E-state index contributed by atoms with van der Waals surface area (Å²) in [6.07, 6.45) is 11.4. The number of anilines is 1. The Morgan fingerprint density at radius 2 is 1.46 bits per heavy atom. The highest BCUT2D eigenvalue weighted by Gasteiger charge is 2.22. The summed E-state index contributed by atoms with van der Waals surface area (Å²) in [4.78, 5) is 24.4. The number of nitrogens with one attached hydrogen (secondary N) is 1. The Morgan fingerprint density at radius 1 is 0.854 bits per heavy atom. The van der Waals surface area contributed by atoms with E-state index in [1.807, 2.05) is 0 Å². The smallest absolute Gasteiger partial charge is 0.337 e. The molecule has 2 aromatic carbocycles. The first-order valence-corrected chi connectivity index (χ1v) is 16.5. The van der Waals surface area contributed by atoms with Gasteiger partial charge in [0.15, 0.2) is 9.84 Å². The highest BCUT2D eigenvalue weighted by atomic mass is 32.2. The maximum atomic E-state index is 12.8. The van der Waals surface area contributed by atoms with Gasteiger partial charge in [-0.25, -0.2) is 13.2 Å². The number of carbonyl (C=O) groups excluding carboxylic acids is 2. The van der Waals surface area contributed by atoms with E-state index < -0.39 is 21.7 Å². The summed E-state index contributed by atoms with van der Waals surface area (Å²) in [7, 11) is -0.455. The van der Waals surface area contributed by atoms with E-state index in [1.54, 1.807) is 56.5 Å². The molecule has 0 spiro atoms. The molecule has 0 saturated carbocycles. The molecule has 9 heteroatoms. The molecule has 0 aliphatic rings. The van der Waals surface area contributed by atoms with Gasteiger partial charge >= 0.3 is 5.97 Å². The average Bonchev–Trinajstić information content (AvgIpc) is 2.96. The summed E-state index contributed by atoms with van der Waals surface area (Å²) in [5.41, 5.74) is 1.64. The monoisotopic (exact) mass is 589 g/mol. The third-order valence-electron chi connectivity index (χ3n) is 6.98. The molecule has 8 nitrogen and oxygen atoms in total. The van der Waals surface area contributed by atoms with Crippen LogP contribution in [0, 0.1) is 5.92 Å². The lowest BCUT2D eigenvalue weighted by Gasteiger charge is -2.15. The molecule has 2 aromatic rings. The zero-order chi connectivity index (χ0) is 30.1. The molecule has 0 bridgehead atoms. The molecule has 2 rings (SSSR count). The fourth-order valence-corrected chi connectivity index (χ4v) is 6.27. The van der Waals surface area contributed by atoms with Crippen LogP contribution in [0.3, 0.4) is 0 Å². The van der Waals surface area contributed by atoms with Gasteiger partial charge in [0.1, 0.15) is 18.1 Å². The number of ether oxygens (including phenoxy) is 3. The van der Waals surface area contributed by atoms with Crippen molar-refractivity contribution in [1.82, 2.24) is 0 Å². The summed E-state index contributed by atoms with van der Waals surface area (Å²) in [5.74, 6) is -0.389. The van der Waals surface area contributed by atoms with Crippen LogP contribution in [0.15, 0.2) is 42.5 Å². The summed E-state index contributed by atoms with van der Waals surface area (Å²) in [6.45, 7) is 4.01. The van der Waals surface area contributed by atoms with Crippen molar-refractivity contribution in [2.45, 2.75) is 84.7 Å². The molecule has 0 heterocycles. The number of sulfone groups is 1. The highest BCUT2D eigenvalue weighted by Crippen LogP contribution is 2.25. The van der Waals surface area contributed by atoms with E-state index in [0.717, 1.165) is 19.3 Å². The van der Waals surface area contributed by atoms with Crippen molar-refractivity contribution in [3.63, 3.8) is 0 Å². The molecular weight excluding hydrogens is 542 g/mol. The molecular formula is C32H47NO7S. The third-order valence-corrected chi connectivity index (χ3v) is 8.90. The first kappa shape index (κ1) is 34.1. The van der Waals surface area contributed by atoms with E-state index >= 15 is 0 Å². The quantitative estimate of drug-likeness (QED) is 0.131. The number of rotatable bonds is 20. The van der Waals surface area contributed by atoms with Gasteiger partial charge in [-0.15, -0.1) is 0 Å². The second-order valence-corrected chi connectivity index (χ2v) is 12.7. The van der Waals surface area contributed by atoms with Gasteiger partial charge in [-0.1, -0.05) is 71.6 Å². The molecule has 1 N–H and O–H groups in total. The van der Waals surface area contributed by atoms with E-state index in [0.29, 0.717) is 34.7 Å². The van der Waals surface area contributed by atoms with Crippen LogP contribution >= 0.6 is 0 Å². The predicted octanol–water partition coefficient (Wildman–Crippen LogP) is 6.97. The lowest BCUT2D eigenvalue weighted by molar-refractivity contribution is -0.118. The van der Waals surface area contributed by atoms with Crippen LogP contribution in [0.25, 0.3) is 0 Å². The summed E-state index contributed by atoms with van der Waals surface area (Å²) in [5, 5.41) is 2.82. The molecule has 228 valence electrons. The van der Waals surface area contributed by atoms with Crippen LogP contribution in [0.1, 0.15) is 94.0 Å². The minimum absolute atomic E-state index is 0.117. The molecule has 0 aromatic heterocycles. The lowest BCUT2D eigenvalue weighted by Crippen LogP contribution is -2.28. The molecule has 1 unspecified atom stereocenters. The number of benzene rings is 2. The summed E-state index contributed by atoms with van der Waals surface area (Å²) >= 11 is 0. The predicted molar refractivity (Wildman–Crippen MR) is 163 cm³/mol. The van der Waals surface area contributed by atoms with E-state index in [9.17, 15) is 18.0 Å². The van der Waals surface area contributed by atoms with E-state index in [-0.39, 0.29) is 24.0 Å². The average molecular weight is 590 g/mol. The molecule has 0 radical (unpaired) electrons. The minimum Gasteiger partial charge on any atom is -0.496 e. The largest absolute Gasteiger partial charge is 0.496 e. The Kier molecular flexibility index (Phi) is 15.3. The lowest BCUT2D eigenvalue weighted by atomic mass is 10.1. The van der Waals surface area contributed by atoms with Crippen molar-refractivity contribution in [2.75, 3.05) is 31.0 Å². The zero-order valence-electron chi connectivity index (χ0n) is 25.1. The normalized spacial score (nSPS) is 12.0. The third kappa shape index (κ3) is 13.0. The van der Waals surface area contributed by atoms with Gasteiger partial charge in [-0.2, -0.15) is 0 Å². The van der Waals surface area contributed by atoms with Gasteiger partial charge in [0.25, 0.3) is 0 Å². The maximum Gasteiger partial charge on any atom is 0.337 e. The number of unbranched alkanes of at least 4 members (excludes halogenated alkanes) is 9. The molecule has 0 saturated heterocycles. The first-order chi connectivity index (χ1) is 19.7. The number of hydrogen-bond acceptors (Lipinski definition) is 7. The summed E-state index contributed by atoms with van der Waals surface area (Å²) in [6, 6.07) is 11.7. The fraction of sp³-hybridized carbons (Fsp3) is 0.562. The molecule has 0 aliphatic heterocycles. The van der Waals surface area contributed by atoms with E-state index in [1.165, 1.54) is 45.6 Å². The van der Waals surface area contributed by atoms with Crippen molar-refractivity contribution >= 4 is 27.4 Å². The Hall–Kier alpha value is -3.07. The van der Waals surface area contributed by atoms with Crippen molar-refractivity contribution in [3.05, 3.63) is 53.6 Å². The van der Waals surface area contributed by atoms with Crippen LogP contribution in [0.2, 0.25) is 0 Å². The standard InChI is InChI=1S/C32H47NO7S/c1-5-6-7-8-9-10-11-12-13-14-21-41(36,37)24-25(2)31(34)33-28-17-20-30(38-3)27(22-28)23-40-29-18-15-26(16-19-29)32(35)39-4/h15-20,22,25H,5-14,21,23-24H2,1-4H3,(H,33,34). The Balaban J connectivity index is 1.81. The van der Waals surface area contributed by atoms with E-state index in [2.05, 4.69) is 12.2 Å². The van der Waals surface area contributed by atoms with Crippen LogP contribution < -0.4 is 14.8 Å². The first-order valence-electron chi connectivity index (χ1n) is 14.7. The Morgan fingerprint density at radius 3 is 2.05 bits per heavy atom. The number of amides is 1. The number of methoxy groups -OCH3 is 2. The van der Waals surface area contributed by atoms with Crippen LogP contribution in [-0.4, -0.2) is 46.0 Å². The van der Waals surface area contributed by atoms with E-state index in [4.69, 9.17) is 14.2 Å². The van der Waals surface area contributed by atoms with Gasteiger partial charge in [-0.3, -0.25) is 4.79 Å². The van der Waals surface area contributed by atoms with Crippen LogP contribution in [-0.2, 0) is 26.0 Å². The molecule has 41 heavy (non-hydrogen) atoms. The molecule has 1 amide bonds. The SMILES string of the molecule is CCCCCCCCCCCCS(=O)(=O)CC(C)C(=O)Nc1ccc(OC)c(COc2ccc(C(=O)OC)cc2)c1. The van der Waals surface area contributed by atoms with Crippen molar-refractivity contribution in [1.29, 1.82) is 0 Å². The van der Waals surface area contributed by atoms with Gasteiger partial charge < -0.3 is 19.5 Å². The highest BCUT2D eigenvalue weighted by molar-refractivity contribution is 7.91. The second-order valence-electron chi connectivity index (χ2n) is 10.5. The van der Waals surface area contributed by atoms with Crippen LogP contribution in [0.5, 0.6) is 11.5 Å². The fourth-order valence-electron chi connectivity index (χ4n) is 4.55. The number of carbonyl (C=O) groups is 2. The van der Waals surface area contributed by atoms with Gasteiger partial charge in [-0.05, 0) is 48.9 Å². The number of esters is 1. The van der Waals surface area contributed by atoms with Gasteiger partial charge in [0.2, 0.25) is 5.91 Å². The molecule has 1 atom stereocenters.